The zero-order chi connectivity index (χ0) is 12.9. The lowest BCUT2D eigenvalue weighted by atomic mass is 10.1. The van der Waals surface area contributed by atoms with E-state index in [0.29, 0.717) is 6.54 Å². The molecule has 0 bridgehead atoms. The van der Waals surface area contributed by atoms with Gasteiger partial charge in [0, 0.05) is 19.7 Å². The van der Waals surface area contributed by atoms with Crippen LogP contribution in [0.4, 0.5) is 0 Å². The van der Waals surface area contributed by atoms with E-state index in [0.717, 1.165) is 19.3 Å². The van der Waals surface area contributed by atoms with Crippen LogP contribution in [0, 0.1) is 0 Å². The minimum atomic E-state index is -3.52. The normalized spacial score (nSPS) is 24.8. The molecule has 1 aliphatic heterocycles. The number of methoxy groups -OCH3 is 1. The van der Waals surface area contributed by atoms with Gasteiger partial charge in [0.1, 0.15) is 0 Å². The molecule has 0 spiro atoms. The van der Waals surface area contributed by atoms with E-state index >= 15 is 0 Å². The molecule has 2 unspecified atom stereocenters. The van der Waals surface area contributed by atoms with Crippen molar-refractivity contribution in [2.75, 3.05) is 26.9 Å². The first kappa shape index (κ1) is 14.8. The van der Waals surface area contributed by atoms with Crippen molar-refractivity contribution >= 4 is 10.2 Å². The lowest BCUT2D eigenvalue weighted by Crippen LogP contribution is -2.52. The highest BCUT2D eigenvalue weighted by molar-refractivity contribution is 7.87. The molecule has 0 aromatic rings. The van der Waals surface area contributed by atoms with Crippen molar-refractivity contribution in [1.82, 2.24) is 9.03 Å². The van der Waals surface area contributed by atoms with Crippen LogP contribution in [-0.4, -0.2) is 56.8 Å². The van der Waals surface area contributed by atoms with Crippen LogP contribution < -0.4 is 4.72 Å². The molecule has 2 N–H and O–H groups in total. The number of hydrogen-bond donors (Lipinski definition) is 2. The number of hydrogen-bond acceptors (Lipinski definition) is 4. The van der Waals surface area contributed by atoms with Crippen LogP contribution in [0.5, 0.6) is 0 Å². The molecule has 0 radical (unpaired) electrons. The van der Waals surface area contributed by atoms with Gasteiger partial charge < -0.3 is 9.84 Å². The molecule has 1 rings (SSSR count). The minimum absolute atomic E-state index is 0.0168. The predicted molar refractivity (Wildman–Crippen MR) is 64.8 cm³/mol. The van der Waals surface area contributed by atoms with Gasteiger partial charge in [-0.3, -0.25) is 0 Å². The average Bonchev–Trinajstić information content (AvgIpc) is 2.28. The third kappa shape index (κ3) is 4.18. The molecule has 1 aliphatic rings. The maximum Gasteiger partial charge on any atom is 0.280 e. The maximum absolute atomic E-state index is 12.1. The highest BCUT2D eigenvalue weighted by atomic mass is 32.2. The van der Waals surface area contributed by atoms with E-state index in [-0.39, 0.29) is 19.3 Å². The van der Waals surface area contributed by atoms with Gasteiger partial charge in [0.25, 0.3) is 10.2 Å². The quantitative estimate of drug-likeness (QED) is 0.692. The van der Waals surface area contributed by atoms with Gasteiger partial charge in [-0.25, -0.2) is 0 Å². The largest absolute Gasteiger partial charge is 0.395 e. The van der Waals surface area contributed by atoms with Gasteiger partial charge in [-0.2, -0.15) is 17.4 Å². The molecular weight excluding hydrogens is 244 g/mol. The number of piperidine rings is 1. The number of nitrogens with one attached hydrogen (secondary N) is 1. The van der Waals surface area contributed by atoms with Gasteiger partial charge in [-0.15, -0.1) is 0 Å². The van der Waals surface area contributed by atoms with Gasteiger partial charge in [0.15, 0.2) is 0 Å². The van der Waals surface area contributed by atoms with Crippen LogP contribution in [0.15, 0.2) is 0 Å². The molecule has 7 heteroatoms. The molecule has 102 valence electrons. The Morgan fingerprint density at radius 2 is 2.24 bits per heavy atom. The van der Waals surface area contributed by atoms with E-state index in [4.69, 9.17) is 9.84 Å². The van der Waals surface area contributed by atoms with Gasteiger partial charge in [-0.1, -0.05) is 6.42 Å². The van der Waals surface area contributed by atoms with Crippen molar-refractivity contribution < 1.29 is 18.3 Å². The van der Waals surface area contributed by atoms with E-state index in [1.807, 2.05) is 6.92 Å². The zero-order valence-electron chi connectivity index (χ0n) is 10.4. The smallest absolute Gasteiger partial charge is 0.280 e. The third-order valence-electron chi connectivity index (χ3n) is 2.95. The second-order valence-electron chi connectivity index (χ2n) is 4.41. The van der Waals surface area contributed by atoms with Gasteiger partial charge in [0.05, 0.1) is 19.3 Å². The standard InChI is InChI=1S/C10H22N2O4S/c1-9-5-3-4-6-12(9)17(14,15)11-10(7-13)8-16-2/h9-11,13H,3-8H2,1-2H3. The number of aliphatic hydroxyl groups is 1. The molecule has 1 fully saturated rings. The summed E-state index contributed by atoms with van der Waals surface area (Å²) in [4.78, 5) is 0. The van der Waals surface area contributed by atoms with E-state index in [1.165, 1.54) is 11.4 Å². The summed E-state index contributed by atoms with van der Waals surface area (Å²) < 4.78 is 33.0. The molecule has 1 saturated heterocycles. The number of ether oxygens (including phenoxy) is 1. The SMILES string of the molecule is COCC(CO)NS(=O)(=O)N1CCCCC1C. The second kappa shape index (κ2) is 6.65. The molecule has 0 aromatic heterocycles. The van der Waals surface area contributed by atoms with Crippen molar-refractivity contribution in [3.8, 4) is 0 Å². The first-order valence-corrected chi connectivity index (χ1v) is 7.34. The first-order chi connectivity index (χ1) is 8.01. The number of rotatable bonds is 6. The van der Waals surface area contributed by atoms with Crippen molar-refractivity contribution in [3.05, 3.63) is 0 Å². The fourth-order valence-corrected chi connectivity index (χ4v) is 3.68. The van der Waals surface area contributed by atoms with E-state index in [2.05, 4.69) is 4.72 Å². The third-order valence-corrected chi connectivity index (χ3v) is 4.75. The van der Waals surface area contributed by atoms with Crippen LogP contribution >= 0.6 is 0 Å². The van der Waals surface area contributed by atoms with Crippen LogP contribution in [0.1, 0.15) is 26.2 Å². The Labute approximate surface area is 103 Å². The number of aliphatic hydroxyl groups excluding tert-OH is 1. The monoisotopic (exact) mass is 266 g/mol. The molecular formula is C10H22N2O4S. The Balaban J connectivity index is 2.65. The van der Waals surface area contributed by atoms with Crippen LogP contribution in [-0.2, 0) is 14.9 Å². The van der Waals surface area contributed by atoms with Gasteiger partial charge >= 0.3 is 0 Å². The van der Waals surface area contributed by atoms with Crippen molar-refractivity contribution in [1.29, 1.82) is 0 Å². The summed E-state index contributed by atoms with van der Waals surface area (Å²) in [7, 11) is -2.05. The Morgan fingerprint density at radius 1 is 1.53 bits per heavy atom. The fourth-order valence-electron chi connectivity index (χ4n) is 2.03. The van der Waals surface area contributed by atoms with Crippen LogP contribution in [0.25, 0.3) is 0 Å². The van der Waals surface area contributed by atoms with Crippen molar-refractivity contribution in [2.24, 2.45) is 0 Å². The second-order valence-corrected chi connectivity index (χ2v) is 6.07. The Hall–Kier alpha value is -0.210. The summed E-state index contributed by atoms with van der Waals surface area (Å²) in [5, 5.41) is 9.06. The van der Waals surface area contributed by atoms with Gasteiger partial charge in [-0.05, 0) is 19.8 Å². The highest BCUT2D eigenvalue weighted by Crippen LogP contribution is 2.19. The summed E-state index contributed by atoms with van der Waals surface area (Å²) in [6.45, 7) is 2.34. The van der Waals surface area contributed by atoms with Crippen LogP contribution in [0.2, 0.25) is 0 Å². The fraction of sp³-hybridized carbons (Fsp3) is 1.00. The minimum Gasteiger partial charge on any atom is -0.395 e. The Bertz CT molecular complexity index is 320. The first-order valence-electron chi connectivity index (χ1n) is 5.90. The maximum atomic E-state index is 12.1. The number of nitrogens with zero attached hydrogens (tertiary/aromatic N) is 1. The summed E-state index contributed by atoms with van der Waals surface area (Å²) in [5.74, 6) is 0. The van der Waals surface area contributed by atoms with E-state index < -0.39 is 16.3 Å². The Kier molecular flexibility index (Phi) is 5.81. The summed E-state index contributed by atoms with van der Waals surface area (Å²) in [6, 6.07) is -0.567. The lowest BCUT2D eigenvalue weighted by molar-refractivity contribution is 0.137. The van der Waals surface area contributed by atoms with Crippen LogP contribution in [0.3, 0.4) is 0 Å². The van der Waals surface area contributed by atoms with E-state index in [9.17, 15) is 8.42 Å². The average molecular weight is 266 g/mol. The molecule has 0 amide bonds. The Morgan fingerprint density at radius 3 is 2.76 bits per heavy atom. The van der Waals surface area contributed by atoms with E-state index in [1.54, 1.807) is 0 Å². The highest BCUT2D eigenvalue weighted by Gasteiger charge is 2.30. The van der Waals surface area contributed by atoms with Crippen molar-refractivity contribution in [2.45, 2.75) is 38.3 Å². The molecule has 17 heavy (non-hydrogen) atoms. The van der Waals surface area contributed by atoms with Crippen molar-refractivity contribution in [3.63, 3.8) is 0 Å². The molecule has 0 aromatic carbocycles. The lowest BCUT2D eigenvalue weighted by Gasteiger charge is -2.33. The zero-order valence-corrected chi connectivity index (χ0v) is 11.2. The molecule has 2 atom stereocenters. The molecule has 0 saturated carbocycles. The topological polar surface area (TPSA) is 78.9 Å². The molecule has 6 nitrogen and oxygen atoms in total. The molecule has 1 heterocycles. The summed E-state index contributed by atoms with van der Waals surface area (Å²) in [6.07, 6.45) is 2.84. The predicted octanol–water partition coefficient (Wildman–Crippen LogP) is -0.297. The summed E-state index contributed by atoms with van der Waals surface area (Å²) >= 11 is 0. The molecule has 0 aliphatic carbocycles. The summed E-state index contributed by atoms with van der Waals surface area (Å²) in [5.41, 5.74) is 0. The van der Waals surface area contributed by atoms with Gasteiger partial charge in [0.2, 0.25) is 0 Å².